The summed E-state index contributed by atoms with van der Waals surface area (Å²) in [6.07, 6.45) is 2.68. The van der Waals surface area contributed by atoms with Gasteiger partial charge in [0, 0.05) is 35.8 Å². The molecule has 0 amide bonds. The van der Waals surface area contributed by atoms with E-state index in [-0.39, 0.29) is 0 Å². The second-order valence-electron chi connectivity index (χ2n) is 4.60. The molecule has 0 saturated heterocycles. The van der Waals surface area contributed by atoms with Gasteiger partial charge >= 0.3 is 0 Å². The Bertz CT molecular complexity index is 370. The van der Waals surface area contributed by atoms with Crippen LogP contribution >= 0.6 is 15.9 Å². The highest BCUT2D eigenvalue weighted by Gasteiger charge is 2.20. The second kappa shape index (κ2) is 5.87. The third-order valence-electron chi connectivity index (χ3n) is 3.30. The molecule has 1 aliphatic carbocycles. The van der Waals surface area contributed by atoms with Crippen LogP contribution in [0.1, 0.15) is 32.3 Å². The van der Waals surface area contributed by atoms with Crippen LogP contribution in [0.3, 0.4) is 0 Å². The molecule has 0 radical (unpaired) electrons. The number of halogens is 1. The van der Waals surface area contributed by atoms with Gasteiger partial charge in [0.05, 0.1) is 0 Å². The van der Waals surface area contributed by atoms with Crippen molar-refractivity contribution < 1.29 is 0 Å². The van der Waals surface area contributed by atoms with E-state index in [0.29, 0.717) is 0 Å². The summed E-state index contributed by atoms with van der Waals surface area (Å²) < 4.78 is 1.17. The normalized spacial score (nSPS) is 15.0. The molecule has 0 heterocycles. The van der Waals surface area contributed by atoms with Crippen molar-refractivity contribution in [3.8, 4) is 0 Å². The van der Waals surface area contributed by atoms with Crippen molar-refractivity contribution in [1.29, 1.82) is 0 Å². The Morgan fingerprint density at radius 2 is 2.00 bits per heavy atom. The summed E-state index contributed by atoms with van der Waals surface area (Å²) in [5, 5.41) is 3.60. The van der Waals surface area contributed by atoms with Crippen LogP contribution in [0.5, 0.6) is 0 Å². The van der Waals surface area contributed by atoms with Crippen LogP contribution in [0.4, 0.5) is 5.69 Å². The van der Waals surface area contributed by atoms with Gasteiger partial charge in [-0.3, -0.25) is 0 Å². The summed E-state index contributed by atoms with van der Waals surface area (Å²) in [7, 11) is 0. The van der Waals surface area contributed by atoms with Gasteiger partial charge in [-0.1, -0.05) is 15.9 Å². The smallest absolute Gasteiger partial charge is 0.0412 e. The van der Waals surface area contributed by atoms with Crippen LogP contribution < -0.4 is 10.2 Å². The Morgan fingerprint density at radius 1 is 1.29 bits per heavy atom. The molecule has 0 aromatic heterocycles. The lowest BCUT2D eigenvalue weighted by Crippen LogP contribution is -2.25. The Labute approximate surface area is 113 Å². The molecule has 0 spiro atoms. The summed E-state index contributed by atoms with van der Waals surface area (Å²) in [5.74, 6) is 0. The largest absolute Gasteiger partial charge is 0.372 e. The van der Waals surface area contributed by atoms with Gasteiger partial charge in [-0.25, -0.2) is 0 Å². The minimum absolute atomic E-state index is 0.763. The molecule has 1 saturated carbocycles. The molecular formula is C14H21BrN2. The van der Waals surface area contributed by atoms with Gasteiger partial charge in [0.2, 0.25) is 0 Å². The van der Waals surface area contributed by atoms with Gasteiger partial charge in [-0.05, 0) is 50.5 Å². The molecule has 1 aliphatic rings. The van der Waals surface area contributed by atoms with Crippen molar-refractivity contribution in [1.82, 2.24) is 5.32 Å². The topological polar surface area (TPSA) is 15.3 Å². The zero-order valence-electron chi connectivity index (χ0n) is 10.7. The molecule has 1 aromatic rings. The van der Waals surface area contributed by atoms with Crippen molar-refractivity contribution in [3.05, 3.63) is 28.2 Å². The lowest BCUT2D eigenvalue weighted by atomic mass is 10.1. The third kappa shape index (κ3) is 3.46. The van der Waals surface area contributed by atoms with E-state index in [1.54, 1.807) is 0 Å². The maximum Gasteiger partial charge on any atom is 0.0412 e. The van der Waals surface area contributed by atoms with Crippen LogP contribution in [0.2, 0.25) is 0 Å². The molecule has 2 rings (SSSR count). The molecule has 2 nitrogen and oxygen atoms in total. The highest BCUT2D eigenvalue weighted by Crippen LogP contribution is 2.26. The fourth-order valence-corrected chi connectivity index (χ4v) is 2.52. The summed E-state index contributed by atoms with van der Waals surface area (Å²) in [6.45, 7) is 7.53. The summed E-state index contributed by atoms with van der Waals surface area (Å²) >= 11 is 3.57. The van der Waals surface area contributed by atoms with Gasteiger partial charge in [0.25, 0.3) is 0 Å². The van der Waals surface area contributed by atoms with Crippen molar-refractivity contribution in [2.75, 3.05) is 18.0 Å². The zero-order valence-corrected chi connectivity index (χ0v) is 12.3. The van der Waals surface area contributed by atoms with E-state index in [1.165, 1.54) is 28.6 Å². The first-order valence-electron chi connectivity index (χ1n) is 6.51. The summed E-state index contributed by atoms with van der Waals surface area (Å²) in [4.78, 5) is 2.41. The van der Waals surface area contributed by atoms with E-state index in [2.05, 4.69) is 58.2 Å². The van der Waals surface area contributed by atoms with Gasteiger partial charge in [-0.15, -0.1) is 0 Å². The van der Waals surface area contributed by atoms with Crippen LogP contribution in [0.25, 0.3) is 0 Å². The standard InChI is InChI=1S/C14H21BrN2/c1-3-17(4-2)14-8-5-12(15)9-11(14)10-16-13-6-7-13/h5,8-9,13,16H,3-4,6-7,10H2,1-2H3. The monoisotopic (exact) mass is 296 g/mol. The first-order chi connectivity index (χ1) is 8.24. The van der Waals surface area contributed by atoms with Gasteiger partial charge in [-0.2, -0.15) is 0 Å². The molecule has 3 heteroatoms. The summed E-state index contributed by atoms with van der Waals surface area (Å²) in [6, 6.07) is 7.36. The van der Waals surface area contributed by atoms with Crippen LogP contribution in [0.15, 0.2) is 22.7 Å². The van der Waals surface area contributed by atoms with E-state index in [4.69, 9.17) is 0 Å². The fraction of sp³-hybridized carbons (Fsp3) is 0.571. The Balaban J connectivity index is 2.15. The first-order valence-corrected chi connectivity index (χ1v) is 7.30. The molecule has 17 heavy (non-hydrogen) atoms. The lowest BCUT2D eigenvalue weighted by molar-refractivity contribution is 0.684. The minimum Gasteiger partial charge on any atom is -0.372 e. The Kier molecular flexibility index (Phi) is 4.46. The number of rotatable bonds is 6. The molecule has 0 aliphatic heterocycles. The second-order valence-corrected chi connectivity index (χ2v) is 5.52. The quantitative estimate of drug-likeness (QED) is 0.864. The van der Waals surface area contributed by atoms with Crippen molar-refractivity contribution in [2.45, 2.75) is 39.3 Å². The van der Waals surface area contributed by atoms with E-state index in [9.17, 15) is 0 Å². The molecule has 1 N–H and O–H groups in total. The SMILES string of the molecule is CCN(CC)c1ccc(Br)cc1CNC1CC1. The average Bonchev–Trinajstić information content (AvgIpc) is 3.14. The lowest BCUT2D eigenvalue weighted by Gasteiger charge is -2.24. The molecule has 1 fully saturated rings. The molecule has 0 atom stereocenters. The number of anilines is 1. The molecule has 1 aromatic carbocycles. The molecule has 0 unspecified atom stereocenters. The van der Waals surface area contributed by atoms with E-state index >= 15 is 0 Å². The van der Waals surface area contributed by atoms with Crippen molar-refractivity contribution in [2.24, 2.45) is 0 Å². The van der Waals surface area contributed by atoms with Crippen LogP contribution in [0, 0.1) is 0 Å². The van der Waals surface area contributed by atoms with Gasteiger partial charge < -0.3 is 10.2 Å². The number of nitrogens with one attached hydrogen (secondary N) is 1. The fourth-order valence-electron chi connectivity index (χ4n) is 2.11. The molecule has 94 valence electrons. The number of benzene rings is 1. The zero-order chi connectivity index (χ0) is 12.3. The highest BCUT2D eigenvalue weighted by atomic mass is 79.9. The van der Waals surface area contributed by atoms with Crippen LogP contribution in [-0.2, 0) is 6.54 Å². The summed E-state index contributed by atoms with van der Waals surface area (Å²) in [5.41, 5.74) is 2.77. The van der Waals surface area contributed by atoms with E-state index in [0.717, 1.165) is 25.7 Å². The van der Waals surface area contributed by atoms with Gasteiger partial charge in [0.15, 0.2) is 0 Å². The average molecular weight is 297 g/mol. The van der Waals surface area contributed by atoms with Crippen molar-refractivity contribution in [3.63, 3.8) is 0 Å². The number of nitrogens with zero attached hydrogens (tertiary/aromatic N) is 1. The van der Waals surface area contributed by atoms with E-state index in [1.807, 2.05) is 0 Å². The van der Waals surface area contributed by atoms with Crippen LogP contribution in [-0.4, -0.2) is 19.1 Å². The highest BCUT2D eigenvalue weighted by molar-refractivity contribution is 9.10. The predicted molar refractivity (Wildman–Crippen MR) is 77.6 cm³/mol. The number of hydrogen-bond donors (Lipinski definition) is 1. The maximum absolute atomic E-state index is 3.60. The predicted octanol–water partition coefficient (Wildman–Crippen LogP) is 3.55. The Hall–Kier alpha value is -0.540. The van der Waals surface area contributed by atoms with Crippen molar-refractivity contribution >= 4 is 21.6 Å². The minimum atomic E-state index is 0.763. The molecule has 0 bridgehead atoms. The first kappa shape index (κ1) is 12.9. The molecular weight excluding hydrogens is 276 g/mol. The number of hydrogen-bond acceptors (Lipinski definition) is 2. The van der Waals surface area contributed by atoms with E-state index < -0.39 is 0 Å². The third-order valence-corrected chi connectivity index (χ3v) is 3.80. The maximum atomic E-state index is 3.60. The van der Waals surface area contributed by atoms with Gasteiger partial charge in [0.1, 0.15) is 0 Å². The Morgan fingerprint density at radius 3 is 2.59 bits per heavy atom.